The Morgan fingerprint density at radius 3 is 2.86 bits per heavy atom. The van der Waals surface area contributed by atoms with Gasteiger partial charge in [0.05, 0.1) is 11.7 Å². The Balaban J connectivity index is 1.61. The Morgan fingerprint density at radius 1 is 1.29 bits per heavy atom. The molecule has 4 heteroatoms. The Kier molecular flexibility index (Phi) is 5.64. The van der Waals surface area contributed by atoms with E-state index in [1.807, 2.05) is 0 Å². The number of hydrogen-bond acceptors (Lipinski definition) is 3. The molecule has 2 unspecified atom stereocenters. The van der Waals surface area contributed by atoms with E-state index in [9.17, 15) is 0 Å². The van der Waals surface area contributed by atoms with Crippen LogP contribution in [-0.2, 0) is 6.42 Å². The van der Waals surface area contributed by atoms with Crippen molar-refractivity contribution in [2.75, 3.05) is 12.3 Å². The average molecular weight is 308 g/mol. The summed E-state index contributed by atoms with van der Waals surface area (Å²) in [5.74, 6) is 1.34. The van der Waals surface area contributed by atoms with Crippen LogP contribution in [0.2, 0.25) is 0 Å². The number of likely N-dealkylation sites (N-methyl/N-ethyl adjacent to an activating group) is 1. The zero-order valence-corrected chi connectivity index (χ0v) is 14.1. The molecule has 1 aromatic heterocycles. The molecule has 0 amide bonds. The fourth-order valence-electron chi connectivity index (χ4n) is 3.78. The second-order valence-corrected chi connectivity index (χ2v) is 7.85. The van der Waals surface area contributed by atoms with Crippen molar-refractivity contribution in [2.24, 2.45) is 0 Å². The molecule has 1 aliphatic heterocycles. The lowest BCUT2D eigenvalue weighted by Crippen LogP contribution is -2.39. The fourth-order valence-corrected chi connectivity index (χ4v) is 5.17. The maximum atomic E-state index is 4.89. The van der Waals surface area contributed by atoms with Crippen LogP contribution in [0.15, 0.2) is 12.3 Å². The van der Waals surface area contributed by atoms with Gasteiger partial charge in [-0.25, -0.2) is 0 Å². The molecule has 21 heavy (non-hydrogen) atoms. The van der Waals surface area contributed by atoms with Gasteiger partial charge < -0.3 is 5.32 Å². The lowest BCUT2D eigenvalue weighted by Gasteiger charge is -2.23. The van der Waals surface area contributed by atoms with Crippen molar-refractivity contribution in [3.63, 3.8) is 0 Å². The van der Waals surface area contributed by atoms with Gasteiger partial charge in [-0.3, -0.25) is 4.68 Å². The molecule has 118 valence electrons. The van der Waals surface area contributed by atoms with E-state index in [2.05, 4.69) is 40.9 Å². The van der Waals surface area contributed by atoms with Gasteiger partial charge in [0.2, 0.25) is 0 Å². The molecule has 2 fully saturated rings. The molecule has 0 radical (unpaired) electrons. The van der Waals surface area contributed by atoms with Crippen LogP contribution in [0.3, 0.4) is 0 Å². The monoisotopic (exact) mass is 307 g/mol. The molecule has 1 saturated heterocycles. The van der Waals surface area contributed by atoms with Gasteiger partial charge >= 0.3 is 0 Å². The molecule has 3 nitrogen and oxygen atoms in total. The smallest absolute Gasteiger partial charge is 0.0640 e. The molecule has 2 heterocycles. The number of hydrogen-bond donors (Lipinski definition) is 1. The van der Waals surface area contributed by atoms with Crippen molar-refractivity contribution in [1.82, 2.24) is 15.1 Å². The first-order valence-electron chi connectivity index (χ1n) is 8.76. The van der Waals surface area contributed by atoms with Crippen molar-refractivity contribution in [2.45, 2.75) is 75.6 Å². The van der Waals surface area contributed by atoms with E-state index >= 15 is 0 Å². The summed E-state index contributed by atoms with van der Waals surface area (Å²) in [7, 11) is 0. The van der Waals surface area contributed by atoms with Crippen LogP contribution in [0.4, 0.5) is 0 Å². The molecule has 1 aliphatic carbocycles. The molecule has 1 saturated carbocycles. The van der Waals surface area contributed by atoms with Crippen molar-refractivity contribution >= 4 is 11.8 Å². The minimum atomic E-state index is 0.595. The lowest BCUT2D eigenvalue weighted by molar-refractivity contribution is 0.327. The maximum Gasteiger partial charge on any atom is 0.0640 e. The van der Waals surface area contributed by atoms with E-state index in [1.165, 1.54) is 56.4 Å². The number of thioether (sulfide) groups is 1. The second-order valence-electron chi connectivity index (χ2n) is 6.50. The van der Waals surface area contributed by atoms with Gasteiger partial charge in [0.25, 0.3) is 0 Å². The number of rotatable bonds is 6. The minimum absolute atomic E-state index is 0.595. The topological polar surface area (TPSA) is 29.9 Å². The van der Waals surface area contributed by atoms with Crippen molar-refractivity contribution in [3.05, 3.63) is 18.0 Å². The molecular weight excluding hydrogens is 278 g/mol. The summed E-state index contributed by atoms with van der Waals surface area (Å²) in [6.07, 6.45) is 12.8. The molecule has 2 atom stereocenters. The first-order chi connectivity index (χ1) is 10.4. The van der Waals surface area contributed by atoms with Gasteiger partial charge in [0.15, 0.2) is 0 Å². The third-order valence-corrected chi connectivity index (χ3v) is 6.44. The summed E-state index contributed by atoms with van der Waals surface area (Å²) in [4.78, 5) is 0. The van der Waals surface area contributed by atoms with Crippen LogP contribution >= 0.6 is 11.8 Å². The van der Waals surface area contributed by atoms with Gasteiger partial charge in [-0.1, -0.05) is 26.2 Å². The third kappa shape index (κ3) is 4.04. The maximum absolute atomic E-state index is 4.89. The van der Waals surface area contributed by atoms with Crippen LogP contribution in [0, 0.1) is 0 Å². The summed E-state index contributed by atoms with van der Waals surface area (Å²) in [5.41, 5.74) is 1.28. The predicted octanol–water partition coefficient (Wildman–Crippen LogP) is 3.80. The predicted molar refractivity (Wildman–Crippen MR) is 91.0 cm³/mol. The van der Waals surface area contributed by atoms with Crippen LogP contribution in [-0.4, -0.2) is 33.4 Å². The quantitative estimate of drug-likeness (QED) is 0.867. The fraction of sp³-hybridized carbons (Fsp3) is 0.824. The number of nitrogens with zero attached hydrogens (tertiary/aromatic N) is 2. The van der Waals surface area contributed by atoms with Gasteiger partial charge in [-0.15, -0.1) is 0 Å². The molecule has 1 aromatic rings. The van der Waals surface area contributed by atoms with Gasteiger partial charge in [-0.2, -0.15) is 16.9 Å². The molecule has 3 rings (SSSR count). The molecule has 0 spiro atoms. The van der Waals surface area contributed by atoms with E-state index in [0.717, 1.165) is 18.2 Å². The van der Waals surface area contributed by atoms with Crippen LogP contribution < -0.4 is 5.32 Å². The molecule has 1 N–H and O–H groups in total. The normalized spacial score (nSPS) is 25.3. The largest absolute Gasteiger partial charge is 0.313 e. The first kappa shape index (κ1) is 15.4. The number of nitrogens with one attached hydrogen (secondary N) is 1. The summed E-state index contributed by atoms with van der Waals surface area (Å²) in [6.45, 7) is 3.28. The van der Waals surface area contributed by atoms with Gasteiger partial charge in [0.1, 0.15) is 0 Å². The standard InChI is InChI=1S/C17H29N3S/c1-2-18-16(17-9-6-12-21-17)13-14-10-11-20(19-14)15-7-4-3-5-8-15/h10-11,15-18H,2-9,12-13H2,1H3. The summed E-state index contributed by atoms with van der Waals surface area (Å²) < 4.78 is 2.25. The Morgan fingerprint density at radius 2 is 2.14 bits per heavy atom. The van der Waals surface area contributed by atoms with Crippen molar-refractivity contribution in [3.8, 4) is 0 Å². The van der Waals surface area contributed by atoms with Crippen molar-refractivity contribution in [1.29, 1.82) is 0 Å². The van der Waals surface area contributed by atoms with E-state index in [4.69, 9.17) is 5.10 Å². The average Bonchev–Trinajstić information content (AvgIpc) is 3.19. The zero-order chi connectivity index (χ0) is 14.5. The summed E-state index contributed by atoms with van der Waals surface area (Å²) in [5, 5.41) is 9.37. The highest BCUT2D eigenvalue weighted by atomic mass is 32.2. The lowest BCUT2D eigenvalue weighted by atomic mass is 9.96. The van der Waals surface area contributed by atoms with E-state index in [0.29, 0.717) is 12.1 Å². The van der Waals surface area contributed by atoms with Gasteiger partial charge in [-0.05, 0) is 44.0 Å². The zero-order valence-electron chi connectivity index (χ0n) is 13.3. The highest BCUT2D eigenvalue weighted by molar-refractivity contribution is 8.00. The van der Waals surface area contributed by atoms with E-state index < -0.39 is 0 Å². The molecule has 0 bridgehead atoms. The second kappa shape index (κ2) is 7.68. The molecular formula is C17H29N3S. The summed E-state index contributed by atoms with van der Waals surface area (Å²) in [6, 6.07) is 3.50. The van der Waals surface area contributed by atoms with Crippen molar-refractivity contribution < 1.29 is 0 Å². The van der Waals surface area contributed by atoms with Crippen LogP contribution in [0.5, 0.6) is 0 Å². The SMILES string of the molecule is CCNC(Cc1ccn(C2CCCCC2)n1)C1CCCS1. The van der Waals surface area contributed by atoms with E-state index in [1.54, 1.807) is 0 Å². The molecule has 0 aromatic carbocycles. The van der Waals surface area contributed by atoms with Crippen LogP contribution in [0.25, 0.3) is 0 Å². The number of aromatic nitrogens is 2. The minimum Gasteiger partial charge on any atom is -0.313 e. The van der Waals surface area contributed by atoms with Gasteiger partial charge in [0, 0.05) is 23.9 Å². The van der Waals surface area contributed by atoms with Crippen LogP contribution in [0.1, 0.15) is 63.6 Å². The van der Waals surface area contributed by atoms with E-state index in [-0.39, 0.29) is 0 Å². The summed E-state index contributed by atoms with van der Waals surface area (Å²) >= 11 is 2.15. The Bertz CT molecular complexity index is 419. The Hall–Kier alpha value is -0.480. The highest BCUT2D eigenvalue weighted by Gasteiger charge is 2.26. The Labute approximate surface area is 133 Å². The molecule has 2 aliphatic rings. The third-order valence-electron chi connectivity index (χ3n) is 4.92. The first-order valence-corrected chi connectivity index (χ1v) is 9.80. The highest BCUT2D eigenvalue weighted by Crippen LogP contribution is 2.31.